The van der Waals surface area contributed by atoms with Gasteiger partial charge in [-0.15, -0.1) is 0 Å². The monoisotopic (exact) mass is 518 g/mol. The number of aromatic hydroxyl groups is 1. The second kappa shape index (κ2) is 11.7. The largest absolute Gasteiger partial charge is 0.507 e. The summed E-state index contributed by atoms with van der Waals surface area (Å²) in [6.45, 7) is 4.71. The van der Waals surface area contributed by atoms with Gasteiger partial charge in [0, 0.05) is 29.8 Å². The molecule has 1 saturated carbocycles. The fraction of sp³-hybridized carbons (Fsp3) is 0.560. The molecule has 1 amide bonds. The molecular weight excluding hydrogens is 484 g/mol. The molecule has 0 radical (unpaired) electrons. The van der Waals surface area contributed by atoms with Crippen molar-refractivity contribution in [2.75, 3.05) is 32.2 Å². The normalized spacial score (nSPS) is 24.4. The van der Waals surface area contributed by atoms with Gasteiger partial charge in [-0.25, -0.2) is 4.79 Å². The number of ether oxygens (including phenoxy) is 4. The number of nitrogens with zero attached hydrogens (tertiary/aromatic N) is 2. The topological polar surface area (TPSA) is 155 Å². The van der Waals surface area contributed by atoms with Crippen LogP contribution in [-0.2, 0) is 9.47 Å². The molecule has 1 aliphatic carbocycles. The molecule has 37 heavy (non-hydrogen) atoms. The molecule has 1 aromatic carbocycles. The van der Waals surface area contributed by atoms with E-state index in [4.69, 9.17) is 18.9 Å². The van der Waals surface area contributed by atoms with Crippen LogP contribution in [0, 0.1) is 0 Å². The maximum atomic E-state index is 12.7. The molecule has 1 unspecified atom stereocenters. The van der Waals surface area contributed by atoms with Gasteiger partial charge in [0.2, 0.25) is 0 Å². The van der Waals surface area contributed by atoms with Crippen LogP contribution >= 0.6 is 0 Å². The van der Waals surface area contributed by atoms with Crippen LogP contribution in [0.25, 0.3) is 0 Å². The number of hydrogen-bond acceptors (Lipinski definition) is 10. The molecule has 1 aliphatic heterocycles. The number of aldehydes is 1. The first-order valence-corrected chi connectivity index (χ1v) is 12.3. The Bertz CT molecular complexity index is 1080. The molecule has 2 aliphatic rings. The van der Waals surface area contributed by atoms with Crippen molar-refractivity contribution < 1.29 is 38.7 Å². The highest BCUT2D eigenvalue weighted by Gasteiger charge is 2.35. The van der Waals surface area contributed by atoms with Crippen molar-refractivity contribution in [1.29, 1.82) is 0 Å². The number of morpholine rings is 1. The fourth-order valence-electron chi connectivity index (χ4n) is 4.84. The lowest BCUT2D eigenvalue weighted by Gasteiger charge is -2.38. The Hall–Kier alpha value is -3.51. The van der Waals surface area contributed by atoms with Crippen molar-refractivity contribution in [3.8, 4) is 17.2 Å². The van der Waals surface area contributed by atoms with Crippen LogP contribution in [0.5, 0.6) is 17.2 Å². The van der Waals surface area contributed by atoms with Crippen molar-refractivity contribution in [1.82, 2.24) is 15.1 Å². The Morgan fingerprint density at radius 3 is 2.76 bits per heavy atom. The van der Waals surface area contributed by atoms with Gasteiger partial charge in [-0.3, -0.25) is 14.8 Å². The number of amides is 1. The number of methoxy groups -OCH3 is 1. The highest BCUT2D eigenvalue weighted by molar-refractivity contribution is 5.84. The first-order chi connectivity index (χ1) is 17.8. The number of hydrogen-bond donors (Lipinski definition) is 4. The second-order valence-corrected chi connectivity index (χ2v) is 9.51. The molecule has 12 heteroatoms. The number of carbonyl (C=O) groups excluding carboxylic acids is 2. The van der Waals surface area contributed by atoms with E-state index in [1.54, 1.807) is 11.0 Å². The highest BCUT2D eigenvalue weighted by Crippen LogP contribution is 2.36. The zero-order valence-corrected chi connectivity index (χ0v) is 21.2. The lowest BCUT2D eigenvalue weighted by atomic mass is 10.0. The molecule has 1 aromatic heterocycles. The zero-order valence-electron chi connectivity index (χ0n) is 21.2. The number of benzene rings is 1. The first kappa shape index (κ1) is 26.6. The number of phenolic OH excluding ortho intramolecular Hbond substituents is 1. The summed E-state index contributed by atoms with van der Waals surface area (Å²) in [5, 5.41) is 30.3. The minimum atomic E-state index is -1.14. The SMILES string of the molecule is COc1cc(O)c(C=O)c(OCC(O)Nc2cc([C@H]3CC[C@@H](OC(=O)N4[C@@H](C)COC[C@@H]4C)C3)[nH]n2)c1. The molecule has 0 spiro atoms. The number of rotatable bonds is 9. The van der Waals surface area contributed by atoms with Gasteiger partial charge in [0.05, 0.1) is 38.0 Å². The number of aromatic nitrogens is 2. The summed E-state index contributed by atoms with van der Waals surface area (Å²) < 4.78 is 21.9. The Morgan fingerprint density at radius 2 is 2.05 bits per heavy atom. The molecule has 0 bridgehead atoms. The van der Waals surface area contributed by atoms with Gasteiger partial charge >= 0.3 is 6.09 Å². The second-order valence-electron chi connectivity index (χ2n) is 9.51. The number of nitrogens with one attached hydrogen (secondary N) is 2. The Labute approximate surface area is 214 Å². The third kappa shape index (κ3) is 6.25. The molecular formula is C25H34N4O8. The number of carbonyl (C=O) groups is 2. The fourth-order valence-corrected chi connectivity index (χ4v) is 4.84. The standard InChI is InChI=1S/C25H34N4O8/c1-14-11-35-12-15(2)29(14)25(33)37-17-5-4-16(6-17)20-9-23(28-27-20)26-24(32)13-36-22-8-18(34-3)7-21(31)19(22)10-30/h7-10,14-17,24,31-32H,4-6,11-13H2,1-3H3,(H2,26,27,28)/t14-,15-,16-,17+,24?/m0/s1. The minimum Gasteiger partial charge on any atom is -0.507 e. The van der Waals surface area contributed by atoms with E-state index in [1.165, 1.54) is 19.2 Å². The summed E-state index contributed by atoms with van der Waals surface area (Å²) in [4.78, 5) is 25.8. The van der Waals surface area contributed by atoms with E-state index in [9.17, 15) is 19.8 Å². The lowest BCUT2D eigenvalue weighted by Crippen LogP contribution is -2.53. The third-order valence-corrected chi connectivity index (χ3v) is 6.73. The molecule has 2 heterocycles. The Balaban J connectivity index is 1.28. The van der Waals surface area contributed by atoms with Gasteiger partial charge in [0.1, 0.15) is 35.8 Å². The van der Waals surface area contributed by atoms with Crippen LogP contribution < -0.4 is 14.8 Å². The lowest BCUT2D eigenvalue weighted by molar-refractivity contribution is -0.0407. The maximum absolute atomic E-state index is 12.7. The number of phenols is 1. The van der Waals surface area contributed by atoms with Gasteiger partial charge in [-0.2, -0.15) is 5.10 Å². The summed E-state index contributed by atoms with van der Waals surface area (Å²) in [6, 6.07) is 4.51. The Kier molecular flexibility index (Phi) is 8.39. The molecule has 4 rings (SSSR count). The predicted octanol–water partition coefficient (Wildman–Crippen LogP) is 2.63. The van der Waals surface area contributed by atoms with E-state index < -0.39 is 6.23 Å². The Morgan fingerprint density at radius 1 is 1.30 bits per heavy atom. The summed E-state index contributed by atoms with van der Waals surface area (Å²) in [6.07, 6.45) is 1.13. The molecule has 2 aromatic rings. The third-order valence-electron chi connectivity index (χ3n) is 6.73. The molecule has 5 atom stereocenters. The summed E-state index contributed by atoms with van der Waals surface area (Å²) >= 11 is 0. The molecule has 2 fully saturated rings. The number of aromatic amines is 1. The summed E-state index contributed by atoms with van der Waals surface area (Å²) in [7, 11) is 1.42. The van der Waals surface area contributed by atoms with Crippen molar-refractivity contribution >= 4 is 18.2 Å². The number of aliphatic hydroxyl groups is 1. The van der Waals surface area contributed by atoms with Gasteiger partial charge in [0.15, 0.2) is 12.5 Å². The van der Waals surface area contributed by atoms with E-state index in [0.29, 0.717) is 37.5 Å². The van der Waals surface area contributed by atoms with Crippen LogP contribution in [0.2, 0.25) is 0 Å². The van der Waals surface area contributed by atoms with E-state index in [0.717, 1.165) is 18.5 Å². The zero-order chi connectivity index (χ0) is 26.5. The summed E-state index contributed by atoms with van der Waals surface area (Å²) in [5.41, 5.74) is 0.840. The average molecular weight is 519 g/mol. The minimum absolute atomic E-state index is 0.0234. The van der Waals surface area contributed by atoms with E-state index in [2.05, 4.69) is 15.5 Å². The molecule has 4 N–H and O–H groups in total. The van der Waals surface area contributed by atoms with E-state index in [1.807, 2.05) is 13.8 Å². The van der Waals surface area contributed by atoms with Crippen molar-refractivity contribution in [2.45, 2.75) is 63.4 Å². The van der Waals surface area contributed by atoms with Crippen molar-refractivity contribution in [2.24, 2.45) is 0 Å². The van der Waals surface area contributed by atoms with Gasteiger partial charge < -0.3 is 34.5 Å². The summed E-state index contributed by atoms with van der Waals surface area (Å²) in [5.74, 6) is 0.684. The smallest absolute Gasteiger partial charge is 0.410 e. The van der Waals surface area contributed by atoms with Gasteiger partial charge in [-0.05, 0) is 33.1 Å². The van der Waals surface area contributed by atoms with Crippen molar-refractivity contribution in [3.05, 3.63) is 29.5 Å². The quantitative estimate of drug-likeness (QED) is 0.287. The van der Waals surface area contributed by atoms with Crippen LogP contribution in [0.1, 0.15) is 55.1 Å². The number of anilines is 1. The highest BCUT2D eigenvalue weighted by atomic mass is 16.6. The molecule has 12 nitrogen and oxygen atoms in total. The van der Waals surface area contributed by atoms with Gasteiger partial charge in [-0.1, -0.05) is 0 Å². The van der Waals surface area contributed by atoms with Crippen LogP contribution in [0.4, 0.5) is 10.6 Å². The van der Waals surface area contributed by atoms with Crippen LogP contribution in [0.15, 0.2) is 18.2 Å². The number of H-pyrrole nitrogens is 1. The molecule has 202 valence electrons. The van der Waals surface area contributed by atoms with Crippen LogP contribution in [0.3, 0.4) is 0 Å². The van der Waals surface area contributed by atoms with Crippen LogP contribution in [-0.4, -0.2) is 89.0 Å². The predicted molar refractivity (Wildman–Crippen MR) is 132 cm³/mol. The van der Waals surface area contributed by atoms with Gasteiger partial charge in [0.25, 0.3) is 0 Å². The van der Waals surface area contributed by atoms with Crippen molar-refractivity contribution in [3.63, 3.8) is 0 Å². The van der Waals surface area contributed by atoms with E-state index in [-0.39, 0.29) is 53.9 Å². The molecule has 1 saturated heterocycles. The van der Waals surface area contributed by atoms with E-state index >= 15 is 0 Å². The number of aliphatic hydroxyl groups excluding tert-OH is 1. The maximum Gasteiger partial charge on any atom is 0.410 e. The average Bonchev–Trinajstić information content (AvgIpc) is 3.52. The first-order valence-electron chi connectivity index (χ1n) is 12.3.